The van der Waals surface area contributed by atoms with Crippen molar-refractivity contribution in [1.29, 1.82) is 0 Å². The molecule has 2 aromatic rings. The fourth-order valence-corrected chi connectivity index (χ4v) is 1.95. The van der Waals surface area contributed by atoms with Crippen LogP contribution in [0.3, 0.4) is 0 Å². The predicted molar refractivity (Wildman–Crippen MR) is 74.5 cm³/mol. The van der Waals surface area contributed by atoms with E-state index in [9.17, 15) is 5.11 Å². The Hall–Kier alpha value is -2.10. The van der Waals surface area contributed by atoms with Crippen molar-refractivity contribution in [2.75, 3.05) is 20.8 Å². The number of rotatable bonds is 5. The number of phenols is 1. The van der Waals surface area contributed by atoms with Gasteiger partial charge < -0.3 is 19.3 Å². The van der Waals surface area contributed by atoms with Crippen LogP contribution in [-0.4, -0.2) is 25.9 Å². The zero-order valence-corrected chi connectivity index (χ0v) is 11.4. The summed E-state index contributed by atoms with van der Waals surface area (Å²) in [5.41, 5.74) is 0. The standard InChI is InChI=1S/C15H18O4/c1-4-7-19-13-9-14(18-3)15(16)11-6-5-10(17-2)8-12(11)13/h5-6,8-9,16H,4,7H2,1-3H3. The Morgan fingerprint density at radius 3 is 2.42 bits per heavy atom. The average molecular weight is 262 g/mol. The molecule has 0 saturated heterocycles. The molecule has 2 aromatic carbocycles. The van der Waals surface area contributed by atoms with Gasteiger partial charge in [-0.3, -0.25) is 0 Å². The largest absolute Gasteiger partial charge is 0.504 e. The van der Waals surface area contributed by atoms with Gasteiger partial charge in [0.25, 0.3) is 0 Å². The van der Waals surface area contributed by atoms with Crippen LogP contribution in [0.2, 0.25) is 0 Å². The lowest BCUT2D eigenvalue weighted by molar-refractivity contribution is 0.316. The predicted octanol–water partition coefficient (Wildman–Crippen LogP) is 3.35. The number of ether oxygens (including phenoxy) is 3. The van der Waals surface area contributed by atoms with Crippen LogP contribution >= 0.6 is 0 Å². The second-order valence-corrected chi connectivity index (χ2v) is 4.19. The molecule has 0 aromatic heterocycles. The van der Waals surface area contributed by atoms with Crippen LogP contribution in [0.15, 0.2) is 24.3 Å². The van der Waals surface area contributed by atoms with Crippen molar-refractivity contribution in [3.05, 3.63) is 24.3 Å². The topological polar surface area (TPSA) is 47.9 Å². The highest BCUT2D eigenvalue weighted by atomic mass is 16.5. The molecule has 4 nitrogen and oxygen atoms in total. The first kappa shape index (κ1) is 13.3. The maximum Gasteiger partial charge on any atom is 0.165 e. The molecule has 0 aliphatic carbocycles. The number of hydrogen-bond donors (Lipinski definition) is 1. The molecule has 0 aliphatic heterocycles. The summed E-state index contributed by atoms with van der Waals surface area (Å²) in [6, 6.07) is 7.14. The first-order valence-corrected chi connectivity index (χ1v) is 6.21. The Balaban J connectivity index is 2.64. The quantitative estimate of drug-likeness (QED) is 0.897. The monoisotopic (exact) mass is 262 g/mol. The fourth-order valence-electron chi connectivity index (χ4n) is 1.95. The van der Waals surface area contributed by atoms with E-state index in [-0.39, 0.29) is 5.75 Å². The molecule has 102 valence electrons. The number of fused-ring (bicyclic) bond motifs is 1. The SMILES string of the molecule is CCCOc1cc(OC)c(O)c2ccc(OC)cc12. The Morgan fingerprint density at radius 2 is 1.79 bits per heavy atom. The first-order valence-electron chi connectivity index (χ1n) is 6.21. The van der Waals surface area contributed by atoms with E-state index in [1.165, 1.54) is 7.11 Å². The summed E-state index contributed by atoms with van der Waals surface area (Å²) in [4.78, 5) is 0. The summed E-state index contributed by atoms with van der Waals surface area (Å²) in [5.74, 6) is 1.93. The molecule has 0 bridgehead atoms. The van der Waals surface area contributed by atoms with Gasteiger partial charge in [-0.05, 0) is 24.6 Å². The Morgan fingerprint density at radius 1 is 1.00 bits per heavy atom. The van der Waals surface area contributed by atoms with E-state index in [1.54, 1.807) is 25.3 Å². The van der Waals surface area contributed by atoms with Gasteiger partial charge in [0.2, 0.25) is 0 Å². The van der Waals surface area contributed by atoms with Crippen LogP contribution in [0.1, 0.15) is 13.3 Å². The van der Waals surface area contributed by atoms with Crippen molar-refractivity contribution in [3.8, 4) is 23.0 Å². The van der Waals surface area contributed by atoms with Gasteiger partial charge in [0, 0.05) is 16.8 Å². The van der Waals surface area contributed by atoms with Gasteiger partial charge in [-0.2, -0.15) is 0 Å². The summed E-state index contributed by atoms with van der Waals surface area (Å²) >= 11 is 0. The molecule has 0 aliphatic rings. The van der Waals surface area contributed by atoms with E-state index < -0.39 is 0 Å². The highest BCUT2D eigenvalue weighted by Gasteiger charge is 2.13. The van der Waals surface area contributed by atoms with Crippen LogP contribution < -0.4 is 14.2 Å². The number of benzene rings is 2. The van der Waals surface area contributed by atoms with Crippen molar-refractivity contribution in [2.24, 2.45) is 0 Å². The van der Waals surface area contributed by atoms with Gasteiger partial charge in [-0.1, -0.05) is 6.92 Å². The van der Waals surface area contributed by atoms with Crippen molar-refractivity contribution < 1.29 is 19.3 Å². The molecule has 2 rings (SSSR count). The molecule has 0 saturated carbocycles. The van der Waals surface area contributed by atoms with Gasteiger partial charge in [-0.25, -0.2) is 0 Å². The van der Waals surface area contributed by atoms with Crippen LogP contribution in [0.5, 0.6) is 23.0 Å². The lowest BCUT2D eigenvalue weighted by Crippen LogP contribution is -1.97. The summed E-state index contributed by atoms with van der Waals surface area (Å²) < 4.78 is 16.1. The fraction of sp³-hybridized carbons (Fsp3) is 0.333. The summed E-state index contributed by atoms with van der Waals surface area (Å²) in [6.07, 6.45) is 0.911. The van der Waals surface area contributed by atoms with E-state index in [2.05, 4.69) is 0 Å². The number of hydrogen-bond acceptors (Lipinski definition) is 4. The van der Waals surface area contributed by atoms with E-state index in [0.717, 1.165) is 17.6 Å². The van der Waals surface area contributed by atoms with Crippen LogP contribution in [0.4, 0.5) is 0 Å². The minimum Gasteiger partial charge on any atom is -0.504 e. The van der Waals surface area contributed by atoms with Gasteiger partial charge >= 0.3 is 0 Å². The van der Waals surface area contributed by atoms with Gasteiger partial charge in [-0.15, -0.1) is 0 Å². The molecule has 0 amide bonds. The van der Waals surface area contributed by atoms with E-state index in [0.29, 0.717) is 23.5 Å². The third-order valence-corrected chi connectivity index (χ3v) is 2.92. The second kappa shape index (κ2) is 5.69. The average Bonchev–Trinajstić information content (AvgIpc) is 2.46. The molecule has 19 heavy (non-hydrogen) atoms. The molecule has 0 atom stereocenters. The molecule has 1 N–H and O–H groups in total. The minimum atomic E-state index is 0.115. The van der Waals surface area contributed by atoms with E-state index >= 15 is 0 Å². The number of aromatic hydroxyl groups is 1. The molecule has 0 spiro atoms. The third-order valence-electron chi connectivity index (χ3n) is 2.92. The van der Waals surface area contributed by atoms with Crippen LogP contribution in [0, 0.1) is 0 Å². The lowest BCUT2D eigenvalue weighted by atomic mass is 10.1. The van der Waals surface area contributed by atoms with Gasteiger partial charge in [0.1, 0.15) is 11.5 Å². The van der Waals surface area contributed by atoms with E-state index in [1.807, 2.05) is 13.0 Å². The Labute approximate surface area is 112 Å². The molecule has 0 unspecified atom stereocenters. The van der Waals surface area contributed by atoms with Gasteiger partial charge in [0.15, 0.2) is 11.5 Å². The molecule has 0 heterocycles. The number of phenolic OH excluding ortho intramolecular Hbond substituents is 1. The molecular formula is C15H18O4. The highest BCUT2D eigenvalue weighted by molar-refractivity contribution is 5.96. The zero-order valence-electron chi connectivity index (χ0n) is 11.4. The van der Waals surface area contributed by atoms with Crippen molar-refractivity contribution in [3.63, 3.8) is 0 Å². The lowest BCUT2D eigenvalue weighted by Gasteiger charge is -2.13. The van der Waals surface area contributed by atoms with Gasteiger partial charge in [0.05, 0.1) is 20.8 Å². The Kier molecular flexibility index (Phi) is 4.00. The summed E-state index contributed by atoms with van der Waals surface area (Å²) in [7, 11) is 3.13. The van der Waals surface area contributed by atoms with Crippen molar-refractivity contribution in [1.82, 2.24) is 0 Å². The summed E-state index contributed by atoms with van der Waals surface area (Å²) in [6.45, 7) is 2.65. The first-order chi connectivity index (χ1) is 9.21. The summed E-state index contributed by atoms with van der Waals surface area (Å²) in [5, 5.41) is 11.6. The number of methoxy groups -OCH3 is 2. The van der Waals surface area contributed by atoms with Crippen LogP contribution in [-0.2, 0) is 0 Å². The Bertz CT molecular complexity index is 578. The van der Waals surface area contributed by atoms with E-state index in [4.69, 9.17) is 14.2 Å². The molecule has 4 heteroatoms. The van der Waals surface area contributed by atoms with Crippen molar-refractivity contribution in [2.45, 2.75) is 13.3 Å². The maximum atomic E-state index is 10.1. The normalized spacial score (nSPS) is 10.5. The maximum absolute atomic E-state index is 10.1. The second-order valence-electron chi connectivity index (χ2n) is 4.19. The molecular weight excluding hydrogens is 244 g/mol. The van der Waals surface area contributed by atoms with Crippen molar-refractivity contribution >= 4 is 10.8 Å². The zero-order chi connectivity index (χ0) is 13.8. The minimum absolute atomic E-state index is 0.115. The highest BCUT2D eigenvalue weighted by Crippen LogP contribution is 2.41. The van der Waals surface area contributed by atoms with Crippen LogP contribution in [0.25, 0.3) is 10.8 Å². The smallest absolute Gasteiger partial charge is 0.165 e. The third kappa shape index (κ3) is 2.52. The molecule has 0 radical (unpaired) electrons. The molecule has 0 fully saturated rings.